The second kappa shape index (κ2) is 6.98. The third-order valence-electron chi connectivity index (χ3n) is 5.68. The maximum atomic E-state index is 12.9. The van der Waals surface area contributed by atoms with Gasteiger partial charge in [-0.1, -0.05) is 42.5 Å². The molecule has 5 aromatic rings. The zero-order valence-electron chi connectivity index (χ0n) is 16.7. The van der Waals surface area contributed by atoms with Crippen LogP contribution in [0.15, 0.2) is 78.0 Å². The van der Waals surface area contributed by atoms with E-state index in [9.17, 15) is 9.59 Å². The average molecular weight is 420 g/mol. The van der Waals surface area contributed by atoms with Gasteiger partial charge in [-0.25, -0.2) is 14.8 Å². The van der Waals surface area contributed by atoms with E-state index in [1.807, 2.05) is 48.5 Å². The summed E-state index contributed by atoms with van der Waals surface area (Å²) in [7, 11) is 0. The van der Waals surface area contributed by atoms with E-state index in [1.165, 1.54) is 12.3 Å². The first-order valence-electron chi connectivity index (χ1n) is 10.1. The van der Waals surface area contributed by atoms with Crippen molar-refractivity contribution in [2.24, 2.45) is 0 Å². The number of rotatable bonds is 3. The van der Waals surface area contributed by atoms with E-state index in [2.05, 4.69) is 25.3 Å². The second-order valence-corrected chi connectivity index (χ2v) is 7.53. The van der Waals surface area contributed by atoms with Crippen LogP contribution in [0.25, 0.3) is 33.5 Å². The number of hydrogen-bond acceptors (Lipinski definition) is 5. The van der Waals surface area contributed by atoms with Gasteiger partial charge in [-0.05, 0) is 34.4 Å². The molecule has 1 aliphatic rings. The van der Waals surface area contributed by atoms with Gasteiger partial charge in [0.2, 0.25) is 0 Å². The van der Waals surface area contributed by atoms with Gasteiger partial charge in [-0.3, -0.25) is 9.78 Å². The predicted octanol–water partition coefficient (Wildman–Crippen LogP) is 3.21. The molecular weight excluding hydrogens is 404 g/mol. The molecule has 0 fully saturated rings. The Hall–Kier alpha value is -4.59. The minimum atomic E-state index is -0.563. The SMILES string of the molecule is O=C(NC1c2ccccc2-c2c(-c3nc4ccncc4[nH]3)cccc21)c1ccnc(=O)[nH]1. The van der Waals surface area contributed by atoms with E-state index in [1.54, 1.807) is 12.4 Å². The summed E-state index contributed by atoms with van der Waals surface area (Å²) in [6, 6.07) is 16.9. The lowest BCUT2D eigenvalue weighted by Crippen LogP contribution is -2.30. The molecular formula is C24H16N6O2. The average Bonchev–Trinajstić information content (AvgIpc) is 3.39. The number of nitrogens with zero attached hydrogens (tertiary/aromatic N) is 3. The molecule has 0 radical (unpaired) electrons. The molecule has 3 aromatic heterocycles. The van der Waals surface area contributed by atoms with Crippen molar-refractivity contribution in [3.63, 3.8) is 0 Å². The number of imidazole rings is 1. The van der Waals surface area contributed by atoms with Crippen molar-refractivity contribution in [3.8, 4) is 22.5 Å². The minimum Gasteiger partial charge on any atom is -0.340 e. The smallest absolute Gasteiger partial charge is 0.340 e. The minimum absolute atomic E-state index is 0.164. The van der Waals surface area contributed by atoms with Gasteiger partial charge in [0, 0.05) is 18.0 Å². The lowest BCUT2D eigenvalue weighted by atomic mass is 9.99. The van der Waals surface area contributed by atoms with E-state index in [0.717, 1.165) is 44.7 Å². The van der Waals surface area contributed by atoms with Crippen molar-refractivity contribution in [2.75, 3.05) is 0 Å². The predicted molar refractivity (Wildman–Crippen MR) is 119 cm³/mol. The molecule has 0 bridgehead atoms. The maximum Gasteiger partial charge on any atom is 0.345 e. The number of hydrogen-bond donors (Lipinski definition) is 3. The van der Waals surface area contributed by atoms with E-state index >= 15 is 0 Å². The van der Waals surface area contributed by atoms with Crippen molar-refractivity contribution in [1.82, 2.24) is 30.2 Å². The Kier molecular flexibility index (Phi) is 3.97. The number of amides is 1. The van der Waals surface area contributed by atoms with Crippen molar-refractivity contribution in [1.29, 1.82) is 0 Å². The van der Waals surface area contributed by atoms with Crippen LogP contribution in [-0.2, 0) is 0 Å². The standard InChI is InChI=1S/C24H16N6O2/c31-23(18-9-11-26-24(32)29-18)30-21-14-5-2-1-4-13(14)20-15(21)6-3-7-16(20)22-27-17-8-10-25-12-19(17)28-22/h1-12,21H,(H,27,28)(H,30,31)(H,26,29,32). The molecule has 0 saturated carbocycles. The fourth-order valence-electron chi connectivity index (χ4n) is 4.30. The Morgan fingerprint density at radius 1 is 0.906 bits per heavy atom. The highest BCUT2D eigenvalue weighted by atomic mass is 16.2. The molecule has 0 saturated heterocycles. The van der Waals surface area contributed by atoms with Gasteiger partial charge in [0.1, 0.15) is 11.5 Å². The molecule has 0 aliphatic heterocycles. The van der Waals surface area contributed by atoms with Crippen LogP contribution in [0.4, 0.5) is 0 Å². The summed E-state index contributed by atoms with van der Waals surface area (Å²) in [4.78, 5) is 42.8. The van der Waals surface area contributed by atoms with Gasteiger partial charge in [0.05, 0.1) is 23.3 Å². The first kappa shape index (κ1) is 18.2. The largest absolute Gasteiger partial charge is 0.345 e. The highest BCUT2D eigenvalue weighted by molar-refractivity contribution is 5.96. The van der Waals surface area contributed by atoms with Crippen LogP contribution in [0.2, 0.25) is 0 Å². The second-order valence-electron chi connectivity index (χ2n) is 7.53. The molecule has 8 heteroatoms. The van der Waals surface area contributed by atoms with Crippen LogP contribution in [0.3, 0.4) is 0 Å². The maximum absolute atomic E-state index is 12.9. The van der Waals surface area contributed by atoms with Gasteiger partial charge in [0.25, 0.3) is 5.91 Å². The Bertz CT molecular complexity index is 1540. The zero-order valence-corrected chi connectivity index (χ0v) is 16.7. The normalized spacial score (nSPS) is 14.2. The fraction of sp³-hybridized carbons (Fsp3) is 0.0417. The Morgan fingerprint density at radius 2 is 1.75 bits per heavy atom. The molecule has 1 atom stereocenters. The van der Waals surface area contributed by atoms with Crippen LogP contribution >= 0.6 is 0 Å². The van der Waals surface area contributed by atoms with E-state index in [4.69, 9.17) is 4.98 Å². The number of aromatic amines is 2. The third-order valence-corrected chi connectivity index (χ3v) is 5.68. The first-order valence-corrected chi connectivity index (χ1v) is 10.1. The lowest BCUT2D eigenvalue weighted by molar-refractivity contribution is 0.0938. The Balaban J connectivity index is 1.49. The van der Waals surface area contributed by atoms with Gasteiger partial charge >= 0.3 is 5.69 Å². The highest BCUT2D eigenvalue weighted by Crippen LogP contribution is 2.47. The molecule has 154 valence electrons. The number of carbonyl (C=O) groups is 1. The van der Waals surface area contributed by atoms with Crippen LogP contribution in [-0.4, -0.2) is 30.8 Å². The molecule has 32 heavy (non-hydrogen) atoms. The van der Waals surface area contributed by atoms with Crippen LogP contribution < -0.4 is 11.0 Å². The number of nitrogens with one attached hydrogen (secondary N) is 3. The highest BCUT2D eigenvalue weighted by Gasteiger charge is 2.32. The van der Waals surface area contributed by atoms with Crippen molar-refractivity contribution < 1.29 is 4.79 Å². The van der Waals surface area contributed by atoms with Crippen LogP contribution in [0.5, 0.6) is 0 Å². The van der Waals surface area contributed by atoms with Crippen molar-refractivity contribution >= 4 is 16.9 Å². The zero-order chi connectivity index (χ0) is 21.7. The summed E-state index contributed by atoms with van der Waals surface area (Å²) in [5.41, 5.74) is 6.24. The van der Waals surface area contributed by atoms with Crippen molar-refractivity contribution in [3.05, 3.63) is 100 Å². The monoisotopic (exact) mass is 420 g/mol. The third kappa shape index (κ3) is 2.81. The number of fused-ring (bicyclic) bond motifs is 4. The summed E-state index contributed by atoms with van der Waals surface area (Å²) in [5, 5.41) is 3.06. The summed E-state index contributed by atoms with van der Waals surface area (Å²) in [5.74, 6) is 0.363. The van der Waals surface area contributed by atoms with Crippen molar-refractivity contribution in [2.45, 2.75) is 6.04 Å². The quantitative estimate of drug-likeness (QED) is 0.414. The lowest BCUT2D eigenvalue weighted by Gasteiger charge is -2.16. The molecule has 1 amide bonds. The number of carbonyl (C=O) groups excluding carboxylic acids is 1. The molecule has 3 N–H and O–H groups in total. The topological polar surface area (TPSA) is 116 Å². The summed E-state index contributed by atoms with van der Waals surface area (Å²) in [6.45, 7) is 0. The number of benzene rings is 2. The Morgan fingerprint density at radius 3 is 2.62 bits per heavy atom. The molecule has 2 aromatic carbocycles. The summed E-state index contributed by atoms with van der Waals surface area (Å²) < 4.78 is 0. The van der Waals surface area contributed by atoms with E-state index < -0.39 is 5.69 Å². The summed E-state index contributed by atoms with van der Waals surface area (Å²) >= 11 is 0. The van der Waals surface area contributed by atoms with Gasteiger partial charge in [0.15, 0.2) is 0 Å². The van der Waals surface area contributed by atoms with Gasteiger partial charge in [-0.15, -0.1) is 0 Å². The fourth-order valence-corrected chi connectivity index (χ4v) is 4.30. The van der Waals surface area contributed by atoms with Crippen LogP contribution in [0.1, 0.15) is 27.7 Å². The Labute approximate surface area is 181 Å². The van der Waals surface area contributed by atoms with E-state index in [-0.39, 0.29) is 17.6 Å². The molecule has 1 unspecified atom stereocenters. The first-order chi connectivity index (χ1) is 15.7. The van der Waals surface area contributed by atoms with Gasteiger partial charge < -0.3 is 15.3 Å². The molecule has 0 spiro atoms. The number of H-pyrrole nitrogens is 2. The van der Waals surface area contributed by atoms with Gasteiger partial charge in [-0.2, -0.15) is 0 Å². The molecule has 6 rings (SSSR count). The summed E-state index contributed by atoms with van der Waals surface area (Å²) in [6.07, 6.45) is 4.78. The number of pyridine rings is 1. The molecule has 8 nitrogen and oxygen atoms in total. The van der Waals surface area contributed by atoms with Crippen LogP contribution in [0, 0.1) is 0 Å². The van der Waals surface area contributed by atoms with E-state index in [0.29, 0.717) is 0 Å². The molecule has 3 heterocycles. The molecule has 1 aliphatic carbocycles. The number of aromatic nitrogens is 5.